The summed E-state index contributed by atoms with van der Waals surface area (Å²) in [4.78, 5) is 18.6. The van der Waals surface area contributed by atoms with Crippen molar-refractivity contribution in [3.8, 4) is 5.75 Å². The number of ether oxygens (including phenoxy) is 2. The Hall–Kier alpha value is -1.71. The number of guanidine groups is 1. The van der Waals surface area contributed by atoms with Crippen LogP contribution in [0.4, 0.5) is 4.79 Å². The highest BCUT2D eigenvalue weighted by Gasteiger charge is 2.27. The lowest BCUT2D eigenvalue weighted by Crippen LogP contribution is -2.44. The summed E-state index contributed by atoms with van der Waals surface area (Å²) in [7, 11) is 3.48. The quantitative estimate of drug-likeness (QED) is 0.330. The van der Waals surface area contributed by atoms with Gasteiger partial charge in [0.05, 0.1) is 13.2 Å². The van der Waals surface area contributed by atoms with E-state index in [0.29, 0.717) is 5.92 Å². The Balaban J connectivity index is 0.00000450. The summed E-state index contributed by atoms with van der Waals surface area (Å²) in [6.07, 6.45) is 1.52. The van der Waals surface area contributed by atoms with Gasteiger partial charge in [-0.15, -0.1) is 24.0 Å². The van der Waals surface area contributed by atoms with Crippen molar-refractivity contribution in [1.82, 2.24) is 15.5 Å². The lowest BCUT2D eigenvalue weighted by molar-refractivity contribution is 0.0507. The van der Waals surface area contributed by atoms with Crippen LogP contribution >= 0.6 is 24.0 Å². The van der Waals surface area contributed by atoms with Gasteiger partial charge >= 0.3 is 6.09 Å². The fourth-order valence-corrected chi connectivity index (χ4v) is 3.38. The van der Waals surface area contributed by atoms with E-state index < -0.39 is 5.60 Å². The van der Waals surface area contributed by atoms with Crippen LogP contribution in [-0.2, 0) is 4.74 Å². The number of hydrogen-bond donors (Lipinski definition) is 2. The highest BCUT2D eigenvalue weighted by molar-refractivity contribution is 14.0. The molecule has 1 amide bonds. The molecule has 0 saturated carbocycles. The molecule has 1 heterocycles. The number of carbonyl (C=O) groups excluding carboxylic acids is 1. The summed E-state index contributed by atoms with van der Waals surface area (Å²) >= 11 is 0. The van der Waals surface area contributed by atoms with Crippen LogP contribution in [0.15, 0.2) is 29.3 Å². The van der Waals surface area contributed by atoms with Gasteiger partial charge in [-0.2, -0.15) is 0 Å². The molecule has 1 aromatic rings. The predicted molar refractivity (Wildman–Crippen MR) is 132 cm³/mol. The van der Waals surface area contributed by atoms with Crippen LogP contribution in [-0.4, -0.2) is 62.4 Å². The molecule has 8 heteroatoms. The van der Waals surface area contributed by atoms with Gasteiger partial charge in [0, 0.05) is 26.7 Å². The number of aliphatic imine (C=N–C) groups is 1. The average Bonchev–Trinajstić information content (AvgIpc) is 3.11. The van der Waals surface area contributed by atoms with Crippen molar-refractivity contribution in [1.29, 1.82) is 0 Å². The smallest absolute Gasteiger partial charge is 0.407 e. The molecule has 2 rings (SSSR count). The molecule has 0 spiro atoms. The minimum absolute atomic E-state index is 0. The minimum Gasteiger partial charge on any atom is -0.497 e. The van der Waals surface area contributed by atoms with E-state index in [1.165, 1.54) is 5.56 Å². The lowest BCUT2D eigenvalue weighted by Gasteiger charge is -2.24. The Bertz CT molecular complexity index is 689. The number of alkyl carbamates (subject to hydrolysis) is 1. The third-order valence-electron chi connectivity index (χ3n) is 4.97. The molecule has 1 saturated heterocycles. The average molecular weight is 532 g/mol. The number of likely N-dealkylation sites (tertiary alicyclic amines) is 1. The van der Waals surface area contributed by atoms with E-state index in [1.807, 2.05) is 32.9 Å². The molecule has 1 aliphatic rings. The fourth-order valence-electron chi connectivity index (χ4n) is 3.38. The van der Waals surface area contributed by atoms with E-state index in [-0.39, 0.29) is 36.1 Å². The van der Waals surface area contributed by atoms with Crippen LogP contribution in [0, 0.1) is 0 Å². The molecule has 0 radical (unpaired) electrons. The zero-order valence-electron chi connectivity index (χ0n) is 19.0. The van der Waals surface area contributed by atoms with Gasteiger partial charge in [-0.25, -0.2) is 4.79 Å². The van der Waals surface area contributed by atoms with Gasteiger partial charge in [-0.05, 0) is 57.2 Å². The van der Waals surface area contributed by atoms with E-state index in [4.69, 9.17) is 9.47 Å². The summed E-state index contributed by atoms with van der Waals surface area (Å²) in [6.45, 7) is 10.2. The molecular formula is C22H37IN4O3. The molecule has 2 unspecified atom stereocenters. The summed E-state index contributed by atoms with van der Waals surface area (Å²) in [5, 5.41) is 6.41. The number of amides is 1. The number of hydrogen-bond acceptors (Lipinski definition) is 4. The van der Waals surface area contributed by atoms with Gasteiger partial charge in [-0.1, -0.05) is 19.1 Å². The van der Waals surface area contributed by atoms with Gasteiger partial charge in [0.2, 0.25) is 0 Å². The van der Waals surface area contributed by atoms with Crippen LogP contribution in [0.2, 0.25) is 0 Å². The Morgan fingerprint density at radius 1 is 1.30 bits per heavy atom. The molecule has 0 bridgehead atoms. The Morgan fingerprint density at radius 3 is 2.53 bits per heavy atom. The molecule has 30 heavy (non-hydrogen) atoms. The fraction of sp³-hybridized carbons (Fsp3) is 0.636. The first-order valence-electron chi connectivity index (χ1n) is 10.3. The molecular weight excluding hydrogens is 495 g/mol. The van der Waals surface area contributed by atoms with E-state index >= 15 is 0 Å². The highest BCUT2D eigenvalue weighted by Crippen LogP contribution is 2.21. The molecule has 0 aliphatic carbocycles. The van der Waals surface area contributed by atoms with Crippen molar-refractivity contribution in [3.05, 3.63) is 29.8 Å². The first-order chi connectivity index (χ1) is 13.7. The zero-order chi connectivity index (χ0) is 21.4. The van der Waals surface area contributed by atoms with Crippen LogP contribution < -0.4 is 15.4 Å². The molecule has 0 aromatic heterocycles. The number of nitrogens with zero attached hydrogens (tertiary/aromatic N) is 2. The highest BCUT2D eigenvalue weighted by atomic mass is 127. The maximum absolute atomic E-state index is 12.0. The summed E-state index contributed by atoms with van der Waals surface area (Å²) in [5.74, 6) is 2.19. The van der Waals surface area contributed by atoms with Gasteiger partial charge in [-0.3, -0.25) is 4.99 Å². The van der Waals surface area contributed by atoms with E-state index in [1.54, 1.807) is 14.2 Å². The second-order valence-corrected chi connectivity index (χ2v) is 8.51. The van der Waals surface area contributed by atoms with Crippen LogP contribution in [0.3, 0.4) is 0 Å². The molecule has 1 aliphatic heterocycles. The lowest BCUT2D eigenvalue weighted by atomic mass is 9.98. The molecule has 7 nitrogen and oxygen atoms in total. The summed E-state index contributed by atoms with van der Waals surface area (Å²) in [6, 6.07) is 8.30. The number of methoxy groups -OCH3 is 1. The van der Waals surface area contributed by atoms with E-state index in [9.17, 15) is 4.79 Å². The Kier molecular flexibility index (Phi) is 10.7. The second kappa shape index (κ2) is 12.2. The summed E-state index contributed by atoms with van der Waals surface area (Å²) < 4.78 is 10.6. The maximum atomic E-state index is 12.0. The predicted octanol–water partition coefficient (Wildman–Crippen LogP) is 3.98. The normalized spacial score (nSPS) is 17.7. The number of rotatable bonds is 6. The monoisotopic (exact) mass is 532 g/mol. The van der Waals surface area contributed by atoms with E-state index in [2.05, 4.69) is 39.6 Å². The van der Waals surface area contributed by atoms with E-state index in [0.717, 1.165) is 44.2 Å². The topological polar surface area (TPSA) is 75.2 Å². The van der Waals surface area contributed by atoms with Gasteiger partial charge in [0.25, 0.3) is 0 Å². The molecule has 1 fully saturated rings. The van der Waals surface area contributed by atoms with Crippen LogP contribution in [0.1, 0.15) is 52.0 Å². The maximum Gasteiger partial charge on any atom is 0.407 e. The summed E-state index contributed by atoms with van der Waals surface area (Å²) in [5.41, 5.74) is 0.811. The standard InChI is InChI=1S/C22H36N4O3.HI/c1-16(17-7-9-19(28-6)10-8-17)11-13-24-20(23-5)26-14-12-18(15-26)25-21(27)29-22(2,3)4;/h7-10,16,18H,11-15H2,1-6H3,(H,23,24)(H,25,27);1H. The van der Waals surface area contributed by atoms with Crippen molar-refractivity contribution in [3.63, 3.8) is 0 Å². The van der Waals surface area contributed by atoms with Crippen LogP contribution in [0.25, 0.3) is 0 Å². The second-order valence-electron chi connectivity index (χ2n) is 8.51. The van der Waals surface area contributed by atoms with Gasteiger partial charge in [0.15, 0.2) is 5.96 Å². The van der Waals surface area contributed by atoms with Gasteiger partial charge in [0.1, 0.15) is 11.4 Å². The molecule has 2 atom stereocenters. The number of carbonyl (C=O) groups is 1. The molecule has 170 valence electrons. The number of nitrogens with one attached hydrogen (secondary N) is 2. The van der Waals surface area contributed by atoms with Crippen molar-refractivity contribution in [2.45, 2.75) is 58.1 Å². The third kappa shape index (κ3) is 8.57. The minimum atomic E-state index is -0.486. The number of halogens is 1. The van der Waals surface area contributed by atoms with Crippen molar-refractivity contribution >= 4 is 36.0 Å². The van der Waals surface area contributed by atoms with Crippen LogP contribution in [0.5, 0.6) is 5.75 Å². The van der Waals surface area contributed by atoms with Gasteiger partial charge < -0.3 is 25.0 Å². The largest absolute Gasteiger partial charge is 0.497 e. The number of benzene rings is 1. The zero-order valence-corrected chi connectivity index (χ0v) is 21.4. The molecule has 1 aromatic carbocycles. The van der Waals surface area contributed by atoms with Crippen molar-refractivity contribution in [2.24, 2.45) is 4.99 Å². The Morgan fingerprint density at radius 2 is 1.97 bits per heavy atom. The SMILES string of the molecule is CN=C(NCCC(C)c1ccc(OC)cc1)N1CCC(NC(=O)OC(C)(C)C)C1.I. The first-order valence-corrected chi connectivity index (χ1v) is 10.3. The Labute approximate surface area is 198 Å². The van der Waals surface area contributed by atoms with Crippen molar-refractivity contribution in [2.75, 3.05) is 33.8 Å². The molecule has 2 N–H and O–H groups in total. The first kappa shape index (κ1) is 26.3. The van der Waals surface area contributed by atoms with Crippen molar-refractivity contribution < 1.29 is 14.3 Å². The third-order valence-corrected chi connectivity index (χ3v) is 4.97.